The Labute approximate surface area is 175 Å². The van der Waals surface area contributed by atoms with Gasteiger partial charge in [-0.15, -0.1) is 0 Å². The van der Waals surface area contributed by atoms with Crippen molar-refractivity contribution >= 4 is 11.9 Å². The van der Waals surface area contributed by atoms with E-state index in [4.69, 9.17) is 0 Å². The highest BCUT2D eigenvalue weighted by molar-refractivity contribution is 5.94. The number of halogens is 1. The summed E-state index contributed by atoms with van der Waals surface area (Å²) in [7, 11) is 0. The predicted octanol–water partition coefficient (Wildman–Crippen LogP) is 4.06. The van der Waals surface area contributed by atoms with Crippen LogP contribution in [0.15, 0.2) is 72.8 Å². The first kappa shape index (κ1) is 21.0. The van der Waals surface area contributed by atoms with Crippen molar-refractivity contribution in [1.29, 1.82) is 0 Å². The summed E-state index contributed by atoms with van der Waals surface area (Å²) in [6, 6.07) is 21.1. The van der Waals surface area contributed by atoms with Crippen molar-refractivity contribution in [2.45, 2.75) is 26.6 Å². The summed E-state index contributed by atoms with van der Waals surface area (Å²) in [6.45, 7) is 3.09. The Kier molecular flexibility index (Phi) is 7.16. The molecule has 3 rings (SSSR count). The molecule has 0 fully saturated rings. The van der Waals surface area contributed by atoms with Crippen LogP contribution in [0.3, 0.4) is 0 Å². The zero-order valence-electron chi connectivity index (χ0n) is 16.7. The summed E-state index contributed by atoms with van der Waals surface area (Å²) < 4.78 is 13.7. The van der Waals surface area contributed by atoms with Gasteiger partial charge in [-0.1, -0.05) is 66.2 Å². The van der Waals surface area contributed by atoms with Crippen LogP contribution in [0.2, 0.25) is 0 Å². The highest BCUT2D eigenvalue weighted by Crippen LogP contribution is 2.08. The number of benzene rings is 3. The molecular weight excluding hydrogens is 381 g/mol. The molecule has 0 unspecified atom stereocenters. The molecule has 0 aliphatic heterocycles. The van der Waals surface area contributed by atoms with Crippen molar-refractivity contribution in [3.63, 3.8) is 0 Å². The number of aryl methyl sites for hydroxylation is 1. The number of rotatable bonds is 7. The zero-order chi connectivity index (χ0) is 21.3. The second kappa shape index (κ2) is 10.2. The molecule has 0 saturated carbocycles. The van der Waals surface area contributed by atoms with Gasteiger partial charge in [-0.05, 0) is 35.7 Å². The second-order valence-electron chi connectivity index (χ2n) is 7.00. The van der Waals surface area contributed by atoms with Crippen LogP contribution < -0.4 is 16.0 Å². The topological polar surface area (TPSA) is 70.2 Å². The van der Waals surface area contributed by atoms with Crippen molar-refractivity contribution in [3.8, 4) is 0 Å². The second-order valence-corrected chi connectivity index (χ2v) is 7.00. The third-order valence-electron chi connectivity index (χ3n) is 4.59. The fourth-order valence-electron chi connectivity index (χ4n) is 2.91. The van der Waals surface area contributed by atoms with Gasteiger partial charge in [0, 0.05) is 19.6 Å². The molecule has 3 aromatic rings. The van der Waals surface area contributed by atoms with E-state index in [1.54, 1.807) is 12.1 Å². The summed E-state index contributed by atoms with van der Waals surface area (Å²) in [4.78, 5) is 24.2. The number of carbonyl (C=O) groups excluding carboxylic acids is 2. The van der Waals surface area contributed by atoms with Gasteiger partial charge in [0.05, 0.1) is 5.56 Å². The van der Waals surface area contributed by atoms with E-state index in [-0.39, 0.29) is 18.1 Å². The predicted molar refractivity (Wildman–Crippen MR) is 114 cm³/mol. The molecule has 0 bridgehead atoms. The summed E-state index contributed by atoms with van der Waals surface area (Å²) in [5, 5.41) is 8.36. The molecule has 30 heavy (non-hydrogen) atoms. The summed E-state index contributed by atoms with van der Waals surface area (Å²) >= 11 is 0. The van der Waals surface area contributed by atoms with Gasteiger partial charge in [-0.2, -0.15) is 0 Å². The first-order chi connectivity index (χ1) is 14.5. The Morgan fingerprint density at radius 3 is 2.00 bits per heavy atom. The SMILES string of the molecule is Cc1ccc(CNC(=O)NCc2cccc(CNC(=O)c3ccccc3F)c2)cc1. The monoisotopic (exact) mass is 405 g/mol. The minimum atomic E-state index is -0.551. The third-order valence-corrected chi connectivity index (χ3v) is 4.59. The molecule has 0 atom stereocenters. The molecular formula is C24H24FN3O2. The number of carbonyl (C=O) groups is 2. The summed E-state index contributed by atoms with van der Waals surface area (Å²) in [5.41, 5.74) is 3.98. The van der Waals surface area contributed by atoms with Crippen LogP contribution >= 0.6 is 0 Å². The highest BCUT2D eigenvalue weighted by Gasteiger charge is 2.10. The lowest BCUT2D eigenvalue weighted by Crippen LogP contribution is -2.34. The number of hydrogen-bond acceptors (Lipinski definition) is 2. The Bertz CT molecular complexity index is 1020. The van der Waals surface area contributed by atoms with E-state index >= 15 is 0 Å². The van der Waals surface area contributed by atoms with Crippen molar-refractivity contribution in [2.75, 3.05) is 0 Å². The van der Waals surface area contributed by atoms with Gasteiger partial charge in [0.25, 0.3) is 5.91 Å². The number of amides is 3. The fourth-order valence-corrected chi connectivity index (χ4v) is 2.91. The van der Waals surface area contributed by atoms with Gasteiger partial charge < -0.3 is 16.0 Å². The van der Waals surface area contributed by atoms with Crippen LogP contribution in [0.5, 0.6) is 0 Å². The van der Waals surface area contributed by atoms with Gasteiger partial charge in [-0.25, -0.2) is 9.18 Å². The van der Waals surface area contributed by atoms with Gasteiger partial charge >= 0.3 is 6.03 Å². The molecule has 0 aromatic heterocycles. The van der Waals surface area contributed by atoms with E-state index in [1.165, 1.54) is 17.7 Å². The molecule has 5 nitrogen and oxygen atoms in total. The van der Waals surface area contributed by atoms with Crippen LogP contribution in [0.4, 0.5) is 9.18 Å². The maximum atomic E-state index is 13.7. The molecule has 6 heteroatoms. The minimum Gasteiger partial charge on any atom is -0.348 e. The molecule has 0 spiro atoms. The van der Waals surface area contributed by atoms with Crippen LogP contribution in [-0.4, -0.2) is 11.9 Å². The lowest BCUT2D eigenvalue weighted by molar-refractivity contribution is 0.0947. The minimum absolute atomic E-state index is 0.0144. The first-order valence-corrected chi connectivity index (χ1v) is 9.69. The maximum Gasteiger partial charge on any atom is 0.315 e. The molecule has 3 N–H and O–H groups in total. The molecule has 0 radical (unpaired) electrons. The van der Waals surface area contributed by atoms with E-state index < -0.39 is 11.7 Å². The average molecular weight is 405 g/mol. The molecule has 154 valence electrons. The number of hydrogen-bond donors (Lipinski definition) is 3. The van der Waals surface area contributed by atoms with Crippen molar-refractivity contribution < 1.29 is 14.0 Å². The van der Waals surface area contributed by atoms with Gasteiger partial charge in [-0.3, -0.25) is 4.79 Å². The van der Waals surface area contributed by atoms with Crippen LogP contribution in [-0.2, 0) is 19.6 Å². The van der Waals surface area contributed by atoms with E-state index in [9.17, 15) is 14.0 Å². The smallest absolute Gasteiger partial charge is 0.315 e. The molecule has 3 amide bonds. The van der Waals surface area contributed by atoms with E-state index in [1.807, 2.05) is 55.5 Å². The Balaban J connectivity index is 1.46. The Morgan fingerprint density at radius 2 is 1.33 bits per heavy atom. The normalized spacial score (nSPS) is 10.3. The summed E-state index contributed by atoms with van der Waals surface area (Å²) in [5.74, 6) is -1.02. The molecule has 0 aliphatic carbocycles. The van der Waals surface area contributed by atoms with Crippen LogP contribution in [0, 0.1) is 12.7 Å². The summed E-state index contributed by atoms with van der Waals surface area (Å²) in [6.07, 6.45) is 0. The molecule has 3 aromatic carbocycles. The van der Waals surface area contributed by atoms with Crippen LogP contribution in [0.1, 0.15) is 32.6 Å². The Morgan fingerprint density at radius 1 is 0.733 bits per heavy atom. The molecule has 0 aliphatic rings. The first-order valence-electron chi connectivity index (χ1n) is 9.69. The van der Waals surface area contributed by atoms with Crippen molar-refractivity contribution in [3.05, 3.63) is 106 Å². The third kappa shape index (κ3) is 6.17. The number of nitrogens with one attached hydrogen (secondary N) is 3. The standard InChI is InChI=1S/C24H24FN3O2/c1-17-9-11-18(12-10-17)14-27-24(30)28-16-20-6-4-5-19(13-20)15-26-23(29)21-7-2-3-8-22(21)25/h2-13H,14-16H2,1H3,(H,26,29)(H2,27,28,30). The van der Waals surface area contributed by atoms with E-state index in [2.05, 4.69) is 16.0 Å². The molecule has 0 heterocycles. The van der Waals surface area contributed by atoms with E-state index in [0.29, 0.717) is 13.1 Å². The maximum absolute atomic E-state index is 13.7. The van der Waals surface area contributed by atoms with Crippen LogP contribution in [0.25, 0.3) is 0 Å². The van der Waals surface area contributed by atoms with Crippen molar-refractivity contribution in [1.82, 2.24) is 16.0 Å². The van der Waals surface area contributed by atoms with Gasteiger partial charge in [0.15, 0.2) is 0 Å². The van der Waals surface area contributed by atoms with E-state index in [0.717, 1.165) is 16.7 Å². The highest BCUT2D eigenvalue weighted by atomic mass is 19.1. The average Bonchev–Trinajstić information content (AvgIpc) is 2.76. The van der Waals surface area contributed by atoms with Gasteiger partial charge in [0.1, 0.15) is 5.82 Å². The lowest BCUT2D eigenvalue weighted by Gasteiger charge is -2.10. The lowest BCUT2D eigenvalue weighted by atomic mass is 10.1. The Hall–Kier alpha value is -3.67. The number of urea groups is 1. The fraction of sp³-hybridized carbons (Fsp3) is 0.167. The molecule has 0 saturated heterocycles. The largest absolute Gasteiger partial charge is 0.348 e. The quantitative estimate of drug-likeness (QED) is 0.555. The zero-order valence-corrected chi connectivity index (χ0v) is 16.7. The van der Waals surface area contributed by atoms with Crippen molar-refractivity contribution in [2.24, 2.45) is 0 Å². The van der Waals surface area contributed by atoms with Gasteiger partial charge in [0.2, 0.25) is 0 Å².